The summed E-state index contributed by atoms with van der Waals surface area (Å²) >= 11 is 3.58. The molecular weight excluding hydrogens is 288 g/mol. The third-order valence-electron chi connectivity index (χ3n) is 3.80. The molecule has 0 amide bonds. The molecular formula is C15H23BrN2. The van der Waals surface area contributed by atoms with Gasteiger partial charge >= 0.3 is 0 Å². The highest BCUT2D eigenvalue weighted by Gasteiger charge is 2.32. The second-order valence-corrected chi connectivity index (χ2v) is 6.15. The van der Waals surface area contributed by atoms with Crippen LogP contribution in [0.25, 0.3) is 0 Å². The molecule has 1 N–H and O–H groups in total. The number of rotatable bonds is 5. The van der Waals surface area contributed by atoms with Crippen molar-refractivity contribution >= 4 is 15.9 Å². The highest BCUT2D eigenvalue weighted by atomic mass is 79.9. The molecule has 0 radical (unpaired) electrons. The smallest absolute Gasteiger partial charge is 0.0386 e. The molecule has 18 heavy (non-hydrogen) atoms. The van der Waals surface area contributed by atoms with Crippen LogP contribution in [0.3, 0.4) is 0 Å². The van der Waals surface area contributed by atoms with Crippen molar-refractivity contribution < 1.29 is 0 Å². The second-order valence-electron chi connectivity index (χ2n) is 5.23. The van der Waals surface area contributed by atoms with Crippen LogP contribution >= 0.6 is 15.9 Å². The molecule has 0 aromatic heterocycles. The zero-order valence-electron chi connectivity index (χ0n) is 11.3. The van der Waals surface area contributed by atoms with Crippen molar-refractivity contribution in [2.75, 3.05) is 26.7 Å². The Hall–Kier alpha value is -0.380. The molecule has 0 aliphatic carbocycles. The Morgan fingerprint density at radius 1 is 1.44 bits per heavy atom. The van der Waals surface area contributed by atoms with Gasteiger partial charge in [-0.15, -0.1) is 0 Å². The summed E-state index contributed by atoms with van der Waals surface area (Å²) < 4.78 is 1.18. The summed E-state index contributed by atoms with van der Waals surface area (Å²) in [6, 6.07) is 9.32. The SMILES string of the molecule is CCCNCC1CCN(C)C1c1cccc(Br)c1. The third-order valence-corrected chi connectivity index (χ3v) is 4.29. The summed E-state index contributed by atoms with van der Waals surface area (Å²) in [7, 11) is 2.24. The minimum absolute atomic E-state index is 0.562. The molecule has 1 aliphatic rings. The Kier molecular flexibility index (Phi) is 5.22. The lowest BCUT2D eigenvalue weighted by atomic mass is 9.93. The molecule has 3 heteroatoms. The van der Waals surface area contributed by atoms with E-state index in [1.54, 1.807) is 0 Å². The molecule has 1 aromatic rings. The van der Waals surface area contributed by atoms with Crippen LogP contribution in [-0.4, -0.2) is 31.6 Å². The lowest BCUT2D eigenvalue weighted by molar-refractivity contribution is 0.272. The van der Waals surface area contributed by atoms with Crippen molar-refractivity contribution in [2.45, 2.75) is 25.8 Å². The number of hydrogen-bond donors (Lipinski definition) is 1. The topological polar surface area (TPSA) is 15.3 Å². The van der Waals surface area contributed by atoms with Gasteiger partial charge in [0.2, 0.25) is 0 Å². The molecule has 2 nitrogen and oxygen atoms in total. The van der Waals surface area contributed by atoms with Crippen LogP contribution in [0.15, 0.2) is 28.7 Å². The molecule has 1 fully saturated rings. The number of nitrogens with one attached hydrogen (secondary N) is 1. The molecule has 1 aliphatic heterocycles. The van der Waals surface area contributed by atoms with Crippen molar-refractivity contribution in [3.05, 3.63) is 34.3 Å². The molecule has 0 bridgehead atoms. The predicted molar refractivity (Wildman–Crippen MR) is 80.8 cm³/mol. The van der Waals surface area contributed by atoms with Crippen molar-refractivity contribution in [1.29, 1.82) is 0 Å². The average Bonchev–Trinajstić information content (AvgIpc) is 2.71. The Labute approximate surface area is 119 Å². The van der Waals surface area contributed by atoms with Crippen LogP contribution in [0.2, 0.25) is 0 Å². The lowest BCUT2D eigenvalue weighted by Gasteiger charge is -2.26. The molecule has 2 rings (SSSR count). The highest BCUT2D eigenvalue weighted by Crippen LogP contribution is 2.36. The van der Waals surface area contributed by atoms with Gasteiger partial charge in [-0.1, -0.05) is 35.0 Å². The van der Waals surface area contributed by atoms with Crippen LogP contribution in [-0.2, 0) is 0 Å². The van der Waals surface area contributed by atoms with E-state index in [1.807, 2.05) is 0 Å². The summed E-state index contributed by atoms with van der Waals surface area (Å²) in [5.74, 6) is 0.732. The van der Waals surface area contributed by atoms with Crippen molar-refractivity contribution in [3.63, 3.8) is 0 Å². The standard InChI is InChI=1S/C15H23BrN2/c1-3-8-17-11-13-7-9-18(2)15(13)12-5-4-6-14(16)10-12/h4-6,10,13,15,17H,3,7-9,11H2,1-2H3. The quantitative estimate of drug-likeness (QED) is 0.838. The van der Waals surface area contributed by atoms with Crippen molar-refractivity contribution in [1.82, 2.24) is 10.2 Å². The van der Waals surface area contributed by atoms with Crippen molar-refractivity contribution in [3.8, 4) is 0 Å². The summed E-state index contributed by atoms with van der Waals surface area (Å²) in [5.41, 5.74) is 1.44. The lowest BCUT2D eigenvalue weighted by Crippen LogP contribution is -2.28. The molecule has 2 unspecified atom stereocenters. The fourth-order valence-electron chi connectivity index (χ4n) is 2.92. The largest absolute Gasteiger partial charge is 0.316 e. The molecule has 1 aromatic carbocycles. The maximum Gasteiger partial charge on any atom is 0.0386 e. The van der Waals surface area contributed by atoms with Gasteiger partial charge in [-0.2, -0.15) is 0 Å². The first-order valence-electron chi connectivity index (χ1n) is 6.88. The fraction of sp³-hybridized carbons (Fsp3) is 0.600. The van der Waals surface area contributed by atoms with E-state index >= 15 is 0 Å². The Bertz CT molecular complexity index is 381. The minimum atomic E-state index is 0.562. The zero-order valence-corrected chi connectivity index (χ0v) is 12.9. The van der Waals surface area contributed by atoms with Gasteiger partial charge in [-0.3, -0.25) is 4.90 Å². The first-order valence-corrected chi connectivity index (χ1v) is 7.68. The Morgan fingerprint density at radius 2 is 2.28 bits per heavy atom. The van der Waals surface area contributed by atoms with E-state index in [2.05, 4.69) is 64.4 Å². The van der Waals surface area contributed by atoms with E-state index in [1.165, 1.54) is 29.4 Å². The summed E-state index contributed by atoms with van der Waals surface area (Å²) in [5, 5.41) is 3.57. The van der Waals surface area contributed by atoms with Crippen LogP contribution in [0.5, 0.6) is 0 Å². The van der Waals surface area contributed by atoms with Gasteiger partial charge in [0.15, 0.2) is 0 Å². The average molecular weight is 311 g/mol. The van der Waals surface area contributed by atoms with E-state index in [0.717, 1.165) is 19.0 Å². The van der Waals surface area contributed by atoms with E-state index < -0.39 is 0 Å². The van der Waals surface area contributed by atoms with Gasteiger partial charge in [0.1, 0.15) is 0 Å². The molecule has 0 saturated carbocycles. The van der Waals surface area contributed by atoms with Crippen LogP contribution in [0, 0.1) is 5.92 Å². The monoisotopic (exact) mass is 310 g/mol. The summed E-state index contributed by atoms with van der Waals surface area (Å²) in [4.78, 5) is 2.49. The van der Waals surface area contributed by atoms with E-state index in [4.69, 9.17) is 0 Å². The third kappa shape index (κ3) is 3.34. The number of benzene rings is 1. The molecule has 1 heterocycles. The maximum absolute atomic E-state index is 3.58. The molecule has 2 atom stereocenters. The van der Waals surface area contributed by atoms with Crippen molar-refractivity contribution in [2.24, 2.45) is 5.92 Å². The number of halogens is 1. The van der Waals surface area contributed by atoms with E-state index in [9.17, 15) is 0 Å². The molecule has 100 valence electrons. The number of likely N-dealkylation sites (tertiary alicyclic amines) is 1. The number of hydrogen-bond acceptors (Lipinski definition) is 2. The van der Waals surface area contributed by atoms with Crippen LogP contribution in [0.1, 0.15) is 31.4 Å². The van der Waals surface area contributed by atoms with Crippen LogP contribution < -0.4 is 5.32 Å². The van der Waals surface area contributed by atoms with Gasteiger partial charge in [0.25, 0.3) is 0 Å². The molecule has 1 saturated heterocycles. The highest BCUT2D eigenvalue weighted by molar-refractivity contribution is 9.10. The van der Waals surface area contributed by atoms with E-state index in [0.29, 0.717) is 6.04 Å². The first-order chi connectivity index (χ1) is 8.72. The minimum Gasteiger partial charge on any atom is -0.316 e. The maximum atomic E-state index is 3.58. The van der Waals surface area contributed by atoms with E-state index in [-0.39, 0.29) is 0 Å². The summed E-state index contributed by atoms with van der Waals surface area (Å²) in [6.07, 6.45) is 2.51. The Morgan fingerprint density at radius 3 is 3.00 bits per heavy atom. The van der Waals surface area contributed by atoms with Crippen LogP contribution in [0.4, 0.5) is 0 Å². The van der Waals surface area contributed by atoms with Gasteiger partial charge in [-0.25, -0.2) is 0 Å². The van der Waals surface area contributed by atoms with Gasteiger partial charge in [0.05, 0.1) is 0 Å². The van der Waals surface area contributed by atoms with Gasteiger partial charge in [0, 0.05) is 10.5 Å². The first kappa shape index (κ1) is 14.0. The summed E-state index contributed by atoms with van der Waals surface area (Å²) in [6.45, 7) is 5.69. The Balaban J connectivity index is 2.07. The fourth-order valence-corrected chi connectivity index (χ4v) is 3.34. The predicted octanol–water partition coefficient (Wildman–Crippen LogP) is 3.44. The second kappa shape index (κ2) is 6.69. The van der Waals surface area contributed by atoms with Gasteiger partial charge < -0.3 is 5.32 Å². The zero-order chi connectivity index (χ0) is 13.0. The van der Waals surface area contributed by atoms with Gasteiger partial charge in [-0.05, 0) is 63.1 Å². The number of nitrogens with zero attached hydrogens (tertiary/aromatic N) is 1. The molecule has 0 spiro atoms. The normalized spacial score (nSPS) is 24.6.